The molecule has 2 aromatic rings. The molecule has 0 saturated carbocycles. The minimum atomic E-state index is -0.457. The minimum absolute atomic E-state index is 0.0565. The van der Waals surface area contributed by atoms with Gasteiger partial charge in [0.15, 0.2) is 5.82 Å². The molecule has 1 aromatic carbocycles. The Kier molecular flexibility index (Phi) is 3.24. The van der Waals surface area contributed by atoms with Crippen molar-refractivity contribution in [3.8, 4) is 11.4 Å². The minimum Gasteiger partial charge on any atom is -0.396 e. The van der Waals surface area contributed by atoms with Crippen LogP contribution in [0.25, 0.3) is 11.4 Å². The van der Waals surface area contributed by atoms with E-state index in [1.54, 1.807) is 12.3 Å². The number of nitrogen functional groups attached to an aromatic ring is 1. The zero-order valence-corrected chi connectivity index (χ0v) is 10.0. The number of hydrogen-bond donors (Lipinski definition) is 1. The summed E-state index contributed by atoms with van der Waals surface area (Å²) < 4.78 is 13.0. The van der Waals surface area contributed by atoms with Crippen LogP contribution < -0.4 is 5.73 Å². The molecular weight excluding hydrogens is 241 g/mol. The molecule has 0 fully saturated rings. The maximum Gasteiger partial charge on any atom is 0.159 e. The summed E-state index contributed by atoms with van der Waals surface area (Å²) >= 11 is 5.71. The molecule has 0 bridgehead atoms. The molecule has 0 atom stereocenters. The molecule has 3 nitrogen and oxygen atoms in total. The van der Waals surface area contributed by atoms with Gasteiger partial charge in [0.2, 0.25) is 0 Å². The molecule has 0 spiro atoms. The topological polar surface area (TPSA) is 51.8 Å². The van der Waals surface area contributed by atoms with Crippen LogP contribution >= 0.6 is 11.6 Å². The first-order valence-electron chi connectivity index (χ1n) is 5.18. The van der Waals surface area contributed by atoms with Gasteiger partial charge >= 0.3 is 0 Å². The Morgan fingerprint density at radius 2 is 2.18 bits per heavy atom. The van der Waals surface area contributed by atoms with Gasteiger partial charge in [0, 0.05) is 5.56 Å². The molecule has 0 radical (unpaired) electrons. The van der Waals surface area contributed by atoms with Gasteiger partial charge in [-0.3, -0.25) is 0 Å². The monoisotopic (exact) mass is 251 g/mol. The van der Waals surface area contributed by atoms with Crippen LogP contribution in [0.5, 0.6) is 0 Å². The third-order valence-electron chi connectivity index (χ3n) is 2.41. The molecule has 88 valence electrons. The number of nitrogens with zero attached hydrogens (tertiary/aromatic N) is 2. The first-order valence-corrected chi connectivity index (χ1v) is 5.56. The lowest BCUT2D eigenvalue weighted by Gasteiger charge is -2.05. The zero-order valence-electron chi connectivity index (χ0n) is 9.24. The number of benzene rings is 1. The molecule has 17 heavy (non-hydrogen) atoms. The molecule has 0 saturated heterocycles. The van der Waals surface area contributed by atoms with E-state index in [2.05, 4.69) is 9.97 Å². The second kappa shape index (κ2) is 4.67. The van der Waals surface area contributed by atoms with Gasteiger partial charge < -0.3 is 5.73 Å². The second-order valence-corrected chi connectivity index (χ2v) is 3.99. The number of nitrogens with two attached hydrogens (primary N) is 1. The van der Waals surface area contributed by atoms with Crippen molar-refractivity contribution in [1.29, 1.82) is 0 Å². The third-order valence-corrected chi connectivity index (χ3v) is 2.70. The Bertz CT molecular complexity index is 557. The van der Waals surface area contributed by atoms with Crippen molar-refractivity contribution in [2.75, 3.05) is 5.73 Å². The van der Waals surface area contributed by atoms with Gasteiger partial charge in [-0.05, 0) is 24.6 Å². The van der Waals surface area contributed by atoms with E-state index in [-0.39, 0.29) is 5.02 Å². The smallest absolute Gasteiger partial charge is 0.159 e. The first kappa shape index (κ1) is 11.8. The molecule has 0 aliphatic carbocycles. The Morgan fingerprint density at radius 1 is 1.41 bits per heavy atom. The van der Waals surface area contributed by atoms with Gasteiger partial charge in [-0.15, -0.1) is 0 Å². The molecule has 0 aliphatic heterocycles. The van der Waals surface area contributed by atoms with Crippen LogP contribution in [0.3, 0.4) is 0 Å². The van der Waals surface area contributed by atoms with Crippen molar-refractivity contribution in [2.45, 2.75) is 13.3 Å². The highest BCUT2D eigenvalue weighted by Gasteiger charge is 2.07. The fourth-order valence-corrected chi connectivity index (χ4v) is 1.66. The van der Waals surface area contributed by atoms with E-state index in [0.717, 1.165) is 12.1 Å². The standard InChI is InChI=1S/C12H11ClFN3/c1-2-11-10(15)6-16-12(17-11)7-3-4-9(14)8(13)5-7/h3-6H,2,15H2,1H3. The summed E-state index contributed by atoms with van der Waals surface area (Å²) in [6.45, 7) is 1.96. The van der Waals surface area contributed by atoms with Crippen LogP contribution in [0.15, 0.2) is 24.4 Å². The van der Waals surface area contributed by atoms with Gasteiger partial charge in [0.05, 0.1) is 22.6 Å². The van der Waals surface area contributed by atoms with Gasteiger partial charge in [0.25, 0.3) is 0 Å². The quantitative estimate of drug-likeness (QED) is 0.892. The molecule has 0 aliphatic rings. The summed E-state index contributed by atoms with van der Waals surface area (Å²) in [7, 11) is 0. The Balaban J connectivity index is 2.49. The normalized spacial score (nSPS) is 10.5. The Hall–Kier alpha value is -1.68. The fourth-order valence-electron chi connectivity index (χ4n) is 1.48. The number of anilines is 1. The van der Waals surface area contributed by atoms with Crippen molar-refractivity contribution in [2.24, 2.45) is 0 Å². The van der Waals surface area contributed by atoms with Gasteiger partial charge in [-0.2, -0.15) is 0 Å². The van der Waals surface area contributed by atoms with Crippen LogP contribution in [0, 0.1) is 5.82 Å². The third kappa shape index (κ3) is 2.36. The summed E-state index contributed by atoms with van der Waals surface area (Å²) in [5.74, 6) is 0.0412. The van der Waals surface area contributed by atoms with E-state index in [9.17, 15) is 4.39 Å². The van der Waals surface area contributed by atoms with E-state index in [4.69, 9.17) is 17.3 Å². The fraction of sp³-hybridized carbons (Fsp3) is 0.167. The first-order chi connectivity index (χ1) is 8.11. The maximum absolute atomic E-state index is 13.0. The Morgan fingerprint density at radius 3 is 2.82 bits per heavy atom. The van der Waals surface area contributed by atoms with E-state index in [0.29, 0.717) is 17.1 Å². The van der Waals surface area contributed by atoms with E-state index < -0.39 is 5.82 Å². The lowest BCUT2D eigenvalue weighted by molar-refractivity contribution is 0.628. The molecule has 1 heterocycles. The molecule has 0 unspecified atom stereocenters. The van der Waals surface area contributed by atoms with Crippen LogP contribution in [0.2, 0.25) is 5.02 Å². The Labute approximate surface area is 103 Å². The zero-order chi connectivity index (χ0) is 12.4. The number of aromatic nitrogens is 2. The van der Waals surface area contributed by atoms with E-state index >= 15 is 0 Å². The second-order valence-electron chi connectivity index (χ2n) is 3.58. The van der Waals surface area contributed by atoms with Crippen molar-refractivity contribution >= 4 is 17.3 Å². The lowest BCUT2D eigenvalue weighted by Crippen LogP contribution is -2.00. The summed E-state index contributed by atoms with van der Waals surface area (Å²) in [4.78, 5) is 8.43. The van der Waals surface area contributed by atoms with Crippen molar-refractivity contribution in [3.63, 3.8) is 0 Å². The van der Waals surface area contributed by atoms with Gasteiger partial charge in [0.1, 0.15) is 5.82 Å². The van der Waals surface area contributed by atoms with Crippen LogP contribution in [-0.4, -0.2) is 9.97 Å². The van der Waals surface area contributed by atoms with Crippen LogP contribution in [0.1, 0.15) is 12.6 Å². The van der Waals surface area contributed by atoms with Crippen molar-refractivity contribution in [1.82, 2.24) is 9.97 Å². The predicted octanol–water partition coefficient (Wildman–Crippen LogP) is 3.08. The number of aryl methyl sites for hydroxylation is 1. The number of rotatable bonds is 2. The summed E-state index contributed by atoms with van der Waals surface area (Å²) in [5, 5.41) is 0.0565. The maximum atomic E-state index is 13.0. The molecule has 0 amide bonds. The average molecular weight is 252 g/mol. The SMILES string of the molecule is CCc1nc(-c2ccc(F)c(Cl)c2)ncc1N. The molecular formula is C12H11ClFN3. The predicted molar refractivity (Wildman–Crippen MR) is 66.2 cm³/mol. The van der Waals surface area contributed by atoms with Crippen LogP contribution in [-0.2, 0) is 6.42 Å². The molecule has 2 rings (SSSR count). The molecule has 1 aromatic heterocycles. The van der Waals surface area contributed by atoms with E-state index in [1.165, 1.54) is 12.1 Å². The highest BCUT2D eigenvalue weighted by atomic mass is 35.5. The summed E-state index contributed by atoms with van der Waals surface area (Å²) in [6, 6.07) is 4.39. The lowest BCUT2D eigenvalue weighted by atomic mass is 10.2. The summed E-state index contributed by atoms with van der Waals surface area (Å²) in [5.41, 5.74) is 7.73. The number of hydrogen-bond acceptors (Lipinski definition) is 3. The van der Waals surface area contributed by atoms with Gasteiger partial charge in [-0.1, -0.05) is 18.5 Å². The van der Waals surface area contributed by atoms with E-state index in [1.807, 2.05) is 6.92 Å². The van der Waals surface area contributed by atoms with Crippen LogP contribution in [0.4, 0.5) is 10.1 Å². The van der Waals surface area contributed by atoms with Crippen molar-refractivity contribution in [3.05, 3.63) is 40.9 Å². The molecule has 5 heteroatoms. The largest absolute Gasteiger partial charge is 0.396 e. The van der Waals surface area contributed by atoms with Gasteiger partial charge in [-0.25, -0.2) is 14.4 Å². The highest BCUT2D eigenvalue weighted by Crippen LogP contribution is 2.23. The van der Waals surface area contributed by atoms with Crippen molar-refractivity contribution < 1.29 is 4.39 Å². The highest BCUT2D eigenvalue weighted by molar-refractivity contribution is 6.31. The number of halogens is 2. The average Bonchev–Trinajstić information content (AvgIpc) is 2.33. The summed E-state index contributed by atoms with van der Waals surface area (Å²) in [6.07, 6.45) is 2.27. The molecule has 2 N–H and O–H groups in total.